The van der Waals surface area contributed by atoms with Crippen LogP contribution in [0.1, 0.15) is 44.0 Å². The number of carbonyl (C=O) groups is 2. The molecule has 2 amide bonds. The van der Waals surface area contributed by atoms with Gasteiger partial charge in [0, 0.05) is 12.1 Å². The van der Waals surface area contributed by atoms with Crippen molar-refractivity contribution in [2.24, 2.45) is 0 Å². The summed E-state index contributed by atoms with van der Waals surface area (Å²) in [6.07, 6.45) is 1.88. The number of ether oxygens (including phenoxy) is 1. The minimum Gasteiger partial charge on any atom is -0.508 e. The summed E-state index contributed by atoms with van der Waals surface area (Å²) >= 11 is 0. The summed E-state index contributed by atoms with van der Waals surface area (Å²) in [5.74, 6) is -0.325. The van der Waals surface area contributed by atoms with E-state index >= 15 is 0 Å². The molecule has 0 saturated carbocycles. The predicted octanol–water partition coefficient (Wildman–Crippen LogP) is 1.93. The lowest BCUT2D eigenvalue weighted by Crippen LogP contribution is -2.45. The minimum absolute atomic E-state index is 0.0360. The van der Waals surface area contributed by atoms with Crippen molar-refractivity contribution in [2.45, 2.75) is 45.3 Å². The van der Waals surface area contributed by atoms with Crippen molar-refractivity contribution >= 4 is 11.8 Å². The lowest BCUT2D eigenvalue weighted by atomic mass is 10.2. The molecule has 6 heteroatoms. The summed E-state index contributed by atoms with van der Waals surface area (Å²) in [7, 11) is 0. The van der Waals surface area contributed by atoms with E-state index in [1.807, 2.05) is 20.8 Å². The van der Waals surface area contributed by atoms with Crippen molar-refractivity contribution in [1.82, 2.24) is 10.2 Å². The van der Waals surface area contributed by atoms with Crippen LogP contribution in [0.25, 0.3) is 0 Å². The number of phenolic OH excluding ortho intramolecular Hbond substituents is 1. The van der Waals surface area contributed by atoms with Gasteiger partial charge in [0.2, 0.25) is 5.91 Å². The van der Waals surface area contributed by atoms with Gasteiger partial charge < -0.3 is 20.1 Å². The van der Waals surface area contributed by atoms with Crippen molar-refractivity contribution < 1.29 is 19.4 Å². The molecule has 1 atom stereocenters. The fraction of sp³-hybridized carbons (Fsp3) is 0.556. The Morgan fingerprint density at radius 1 is 1.29 bits per heavy atom. The Kier molecular flexibility index (Phi) is 5.83. The number of phenols is 1. The fourth-order valence-corrected chi connectivity index (χ4v) is 2.66. The molecule has 1 saturated heterocycles. The van der Waals surface area contributed by atoms with Gasteiger partial charge in [-0.15, -0.1) is 0 Å². The predicted molar refractivity (Wildman–Crippen MR) is 90.9 cm³/mol. The third-order valence-corrected chi connectivity index (χ3v) is 3.94. The molecule has 0 aromatic heterocycles. The van der Waals surface area contributed by atoms with Gasteiger partial charge in [-0.05, 0) is 57.9 Å². The van der Waals surface area contributed by atoms with Crippen molar-refractivity contribution in [3.05, 3.63) is 29.8 Å². The lowest BCUT2D eigenvalue weighted by molar-refractivity contribution is -0.133. The summed E-state index contributed by atoms with van der Waals surface area (Å²) in [6, 6.07) is 5.99. The number of aromatic hydroxyl groups is 1. The highest BCUT2D eigenvalue weighted by Gasteiger charge is 2.30. The summed E-state index contributed by atoms with van der Waals surface area (Å²) in [5, 5.41) is 11.9. The molecule has 0 bridgehead atoms. The fourth-order valence-electron chi connectivity index (χ4n) is 2.66. The van der Waals surface area contributed by atoms with Crippen LogP contribution in [-0.4, -0.2) is 53.2 Å². The molecule has 1 aliphatic rings. The highest BCUT2D eigenvalue weighted by molar-refractivity contribution is 5.96. The van der Waals surface area contributed by atoms with E-state index in [1.54, 1.807) is 4.90 Å². The van der Waals surface area contributed by atoms with E-state index in [1.165, 1.54) is 24.3 Å². The Balaban J connectivity index is 1.84. The second kappa shape index (κ2) is 7.66. The average Bonchev–Trinajstić information content (AvgIpc) is 2.99. The van der Waals surface area contributed by atoms with Crippen LogP contribution in [0, 0.1) is 0 Å². The molecule has 1 fully saturated rings. The third kappa shape index (κ3) is 5.23. The maximum Gasteiger partial charge on any atom is 0.251 e. The first-order valence-corrected chi connectivity index (χ1v) is 8.27. The molecule has 0 spiro atoms. The van der Waals surface area contributed by atoms with Gasteiger partial charge in [0.15, 0.2) is 0 Å². The monoisotopic (exact) mass is 334 g/mol. The molecule has 24 heavy (non-hydrogen) atoms. The van der Waals surface area contributed by atoms with Crippen LogP contribution in [0.5, 0.6) is 5.75 Å². The number of amides is 2. The summed E-state index contributed by atoms with van der Waals surface area (Å²) in [5.41, 5.74) is 0.180. The highest BCUT2D eigenvalue weighted by atomic mass is 16.5. The van der Waals surface area contributed by atoms with E-state index in [0.717, 1.165) is 12.8 Å². The van der Waals surface area contributed by atoms with Crippen molar-refractivity contribution in [3.63, 3.8) is 0 Å². The van der Waals surface area contributed by atoms with Crippen LogP contribution < -0.4 is 5.32 Å². The summed E-state index contributed by atoms with van der Waals surface area (Å²) in [4.78, 5) is 26.2. The standard InChI is InChI=1S/C18H26N2O4/c1-18(2,3)24-12-14-5-4-10-20(14)16(22)11-19-17(23)13-6-8-15(21)9-7-13/h6-9,14,21H,4-5,10-12H2,1-3H3,(H,19,23)/t14-/m0/s1. The molecule has 0 radical (unpaired) electrons. The van der Waals surface area contributed by atoms with Crippen LogP contribution in [0.4, 0.5) is 0 Å². The van der Waals surface area contributed by atoms with Gasteiger partial charge in [-0.3, -0.25) is 9.59 Å². The molecule has 1 heterocycles. The SMILES string of the molecule is CC(C)(C)OC[C@@H]1CCCN1C(=O)CNC(=O)c1ccc(O)cc1. The van der Waals surface area contributed by atoms with Crippen LogP contribution in [0.2, 0.25) is 0 Å². The molecule has 0 aliphatic carbocycles. The normalized spacial score (nSPS) is 17.8. The van der Waals surface area contributed by atoms with E-state index in [0.29, 0.717) is 18.7 Å². The number of likely N-dealkylation sites (tertiary alicyclic amines) is 1. The first-order chi connectivity index (χ1) is 11.3. The van der Waals surface area contributed by atoms with Gasteiger partial charge in [0.1, 0.15) is 5.75 Å². The van der Waals surface area contributed by atoms with Gasteiger partial charge >= 0.3 is 0 Å². The van der Waals surface area contributed by atoms with Gasteiger partial charge in [-0.1, -0.05) is 0 Å². The van der Waals surface area contributed by atoms with Crippen LogP contribution in [0.15, 0.2) is 24.3 Å². The van der Waals surface area contributed by atoms with Gasteiger partial charge in [-0.2, -0.15) is 0 Å². The molecule has 1 aromatic carbocycles. The number of carbonyl (C=O) groups excluding carboxylic acids is 2. The second-order valence-electron chi connectivity index (χ2n) is 7.04. The van der Waals surface area contributed by atoms with Gasteiger partial charge in [0.25, 0.3) is 5.91 Å². The molecule has 2 rings (SSSR count). The van der Waals surface area contributed by atoms with Crippen LogP contribution >= 0.6 is 0 Å². The Morgan fingerprint density at radius 3 is 2.58 bits per heavy atom. The molecular weight excluding hydrogens is 308 g/mol. The Labute approximate surface area is 142 Å². The maximum absolute atomic E-state index is 12.4. The van der Waals surface area contributed by atoms with E-state index in [2.05, 4.69) is 5.32 Å². The van der Waals surface area contributed by atoms with Gasteiger partial charge in [-0.25, -0.2) is 0 Å². The number of nitrogens with one attached hydrogen (secondary N) is 1. The summed E-state index contributed by atoms with van der Waals surface area (Å²) in [6.45, 7) is 7.16. The van der Waals surface area contributed by atoms with E-state index in [-0.39, 0.29) is 35.8 Å². The van der Waals surface area contributed by atoms with Crippen LogP contribution in [0.3, 0.4) is 0 Å². The van der Waals surface area contributed by atoms with Gasteiger partial charge in [0.05, 0.1) is 24.8 Å². The zero-order chi connectivity index (χ0) is 17.7. The zero-order valence-electron chi connectivity index (χ0n) is 14.5. The van der Waals surface area contributed by atoms with Crippen molar-refractivity contribution in [2.75, 3.05) is 19.7 Å². The number of nitrogens with zero attached hydrogens (tertiary/aromatic N) is 1. The molecule has 6 nitrogen and oxygen atoms in total. The largest absolute Gasteiger partial charge is 0.508 e. The first-order valence-electron chi connectivity index (χ1n) is 8.27. The number of hydrogen-bond acceptors (Lipinski definition) is 4. The number of hydrogen-bond donors (Lipinski definition) is 2. The molecule has 0 unspecified atom stereocenters. The molecule has 2 N–H and O–H groups in total. The first kappa shape index (κ1) is 18.3. The molecule has 132 valence electrons. The molecular formula is C18H26N2O4. The lowest BCUT2D eigenvalue weighted by Gasteiger charge is -2.28. The molecule has 1 aromatic rings. The van der Waals surface area contributed by atoms with Crippen molar-refractivity contribution in [3.8, 4) is 5.75 Å². The third-order valence-electron chi connectivity index (χ3n) is 3.94. The van der Waals surface area contributed by atoms with E-state index < -0.39 is 0 Å². The van der Waals surface area contributed by atoms with Crippen LogP contribution in [-0.2, 0) is 9.53 Å². The molecule has 1 aliphatic heterocycles. The zero-order valence-corrected chi connectivity index (χ0v) is 14.5. The number of benzene rings is 1. The minimum atomic E-state index is -0.329. The Morgan fingerprint density at radius 2 is 1.96 bits per heavy atom. The smallest absolute Gasteiger partial charge is 0.251 e. The van der Waals surface area contributed by atoms with Crippen molar-refractivity contribution in [1.29, 1.82) is 0 Å². The van der Waals surface area contributed by atoms with E-state index in [9.17, 15) is 14.7 Å². The topological polar surface area (TPSA) is 78.9 Å². The summed E-state index contributed by atoms with van der Waals surface area (Å²) < 4.78 is 5.79. The Bertz CT molecular complexity index is 578. The number of rotatable bonds is 5. The average molecular weight is 334 g/mol. The Hall–Kier alpha value is -2.08. The second-order valence-corrected chi connectivity index (χ2v) is 7.04. The maximum atomic E-state index is 12.4. The quantitative estimate of drug-likeness (QED) is 0.862. The van der Waals surface area contributed by atoms with E-state index in [4.69, 9.17) is 4.74 Å². The highest BCUT2D eigenvalue weighted by Crippen LogP contribution is 2.20.